The highest BCUT2D eigenvalue weighted by Gasteiger charge is 2.11. The highest BCUT2D eigenvalue weighted by atomic mass is 16.1. The minimum absolute atomic E-state index is 0.342. The number of imidazole rings is 1. The quantitative estimate of drug-likeness (QED) is 0.521. The van der Waals surface area contributed by atoms with Crippen molar-refractivity contribution in [2.24, 2.45) is 5.73 Å². The van der Waals surface area contributed by atoms with Crippen LogP contribution in [0.15, 0.2) is 49.3 Å². The summed E-state index contributed by atoms with van der Waals surface area (Å²) in [6, 6.07) is 3.26. The number of hydrogen-bond acceptors (Lipinski definition) is 6. The molecule has 24 heavy (non-hydrogen) atoms. The number of H-pyrrole nitrogens is 1. The summed E-state index contributed by atoms with van der Waals surface area (Å²) in [7, 11) is 0. The maximum absolute atomic E-state index is 11.1. The zero-order valence-electron chi connectivity index (χ0n) is 12.3. The van der Waals surface area contributed by atoms with Gasteiger partial charge in [-0.05, 0) is 12.1 Å². The van der Waals surface area contributed by atoms with Crippen LogP contribution < -0.4 is 11.1 Å². The summed E-state index contributed by atoms with van der Waals surface area (Å²) in [4.78, 5) is 24.0. The fourth-order valence-corrected chi connectivity index (χ4v) is 2.35. The summed E-state index contributed by atoms with van der Waals surface area (Å²) in [6.45, 7) is 0. The average Bonchev–Trinajstić information content (AvgIpc) is 3.27. The molecule has 4 aromatic heterocycles. The van der Waals surface area contributed by atoms with E-state index >= 15 is 0 Å². The fourth-order valence-electron chi connectivity index (χ4n) is 2.35. The lowest BCUT2D eigenvalue weighted by atomic mass is 10.2. The lowest BCUT2D eigenvalue weighted by Crippen LogP contribution is -2.11. The maximum Gasteiger partial charge on any atom is 0.250 e. The van der Waals surface area contributed by atoms with Gasteiger partial charge in [0.25, 0.3) is 0 Å². The van der Waals surface area contributed by atoms with Crippen molar-refractivity contribution in [1.29, 1.82) is 0 Å². The van der Waals surface area contributed by atoms with E-state index in [0.29, 0.717) is 22.8 Å². The third-order valence-electron chi connectivity index (χ3n) is 3.52. The van der Waals surface area contributed by atoms with Gasteiger partial charge in [0.2, 0.25) is 5.91 Å². The van der Waals surface area contributed by atoms with Crippen LogP contribution >= 0.6 is 0 Å². The molecule has 0 radical (unpaired) electrons. The monoisotopic (exact) mass is 320 g/mol. The van der Waals surface area contributed by atoms with Crippen molar-refractivity contribution in [3.63, 3.8) is 0 Å². The number of rotatable bonds is 4. The number of nitrogens with zero attached hydrogens (tertiary/aromatic N) is 5. The Labute approximate surface area is 135 Å². The van der Waals surface area contributed by atoms with Gasteiger partial charge in [-0.25, -0.2) is 15.0 Å². The molecule has 9 heteroatoms. The van der Waals surface area contributed by atoms with E-state index in [2.05, 4.69) is 30.5 Å². The molecule has 118 valence electrons. The molecule has 0 aliphatic heterocycles. The molecule has 0 spiro atoms. The molecular weight excluding hydrogens is 308 g/mol. The Bertz CT molecular complexity index is 1000. The van der Waals surface area contributed by atoms with E-state index < -0.39 is 5.91 Å². The SMILES string of the molecule is NC(=O)c1ccc(Nc2ncc(-c3cn[nH]c3)n3ccnc23)nc1. The summed E-state index contributed by atoms with van der Waals surface area (Å²) >= 11 is 0. The first-order valence-corrected chi connectivity index (χ1v) is 7.06. The van der Waals surface area contributed by atoms with Crippen LogP contribution in [-0.4, -0.2) is 35.5 Å². The number of primary amides is 1. The van der Waals surface area contributed by atoms with Gasteiger partial charge in [0.15, 0.2) is 11.5 Å². The minimum Gasteiger partial charge on any atom is -0.366 e. The Morgan fingerprint density at radius 2 is 2.08 bits per heavy atom. The number of carbonyl (C=O) groups excluding carboxylic acids is 1. The smallest absolute Gasteiger partial charge is 0.250 e. The number of nitrogens with two attached hydrogens (primary N) is 1. The van der Waals surface area contributed by atoms with E-state index in [1.807, 2.05) is 10.6 Å². The topological polar surface area (TPSA) is 127 Å². The van der Waals surface area contributed by atoms with Gasteiger partial charge in [0.1, 0.15) is 5.82 Å². The summed E-state index contributed by atoms with van der Waals surface area (Å²) in [5.74, 6) is 0.562. The van der Waals surface area contributed by atoms with Crippen LogP contribution in [0.5, 0.6) is 0 Å². The Morgan fingerprint density at radius 3 is 2.79 bits per heavy atom. The first kappa shape index (κ1) is 13.9. The van der Waals surface area contributed by atoms with Crippen molar-refractivity contribution >= 4 is 23.2 Å². The minimum atomic E-state index is -0.521. The molecule has 4 aromatic rings. The summed E-state index contributed by atoms with van der Waals surface area (Å²) in [6.07, 6.45) is 10.2. The molecule has 0 aliphatic rings. The molecule has 0 aliphatic carbocycles. The molecule has 0 unspecified atom stereocenters. The molecule has 9 nitrogen and oxygen atoms in total. The number of aromatic nitrogens is 6. The molecule has 0 aromatic carbocycles. The molecule has 4 N–H and O–H groups in total. The lowest BCUT2D eigenvalue weighted by molar-refractivity contribution is 0.1000. The van der Waals surface area contributed by atoms with Crippen LogP contribution in [0, 0.1) is 0 Å². The third kappa shape index (κ3) is 2.33. The zero-order valence-corrected chi connectivity index (χ0v) is 12.3. The second-order valence-electron chi connectivity index (χ2n) is 5.02. The van der Waals surface area contributed by atoms with Crippen molar-refractivity contribution < 1.29 is 4.79 Å². The summed E-state index contributed by atoms with van der Waals surface area (Å²) in [5.41, 5.74) is 7.96. The standard InChI is InChI=1S/C15H12N8O/c16-13(24)9-1-2-12(18-5-9)22-14-15-17-3-4-23(15)11(8-19-14)10-6-20-21-7-10/h1-8H,(H2,16,24)(H,20,21)(H,18,19,22). The molecule has 4 heterocycles. The normalized spacial score (nSPS) is 10.8. The molecule has 0 saturated heterocycles. The van der Waals surface area contributed by atoms with Gasteiger partial charge in [-0.2, -0.15) is 5.10 Å². The molecule has 4 rings (SSSR count). The molecular formula is C15H12N8O. The maximum atomic E-state index is 11.1. The summed E-state index contributed by atoms with van der Waals surface area (Å²) in [5, 5.41) is 9.82. The number of hydrogen-bond donors (Lipinski definition) is 3. The highest BCUT2D eigenvalue weighted by Crippen LogP contribution is 2.23. The third-order valence-corrected chi connectivity index (χ3v) is 3.52. The van der Waals surface area contributed by atoms with Gasteiger partial charge in [-0.15, -0.1) is 0 Å². The molecule has 0 fully saturated rings. The Morgan fingerprint density at radius 1 is 1.17 bits per heavy atom. The van der Waals surface area contributed by atoms with Gasteiger partial charge in [-0.3, -0.25) is 14.3 Å². The van der Waals surface area contributed by atoms with Crippen LogP contribution in [0.25, 0.3) is 16.9 Å². The van der Waals surface area contributed by atoms with Crippen LogP contribution in [-0.2, 0) is 0 Å². The van der Waals surface area contributed by atoms with E-state index in [-0.39, 0.29) is 0 Å². The zero-order chi connectivity index (χ0) is 16.5. The van der Waals surface area contributed by atoms with Gasteiger partial charge in [-0.1, -0.05) is 0 Å². The van der Waals surface area contributed by atoms with Gasteiger partial charge < -0.3 is 11.1 Å². The lowest BCUT2D eigenvalue weighted by Gasteiger charge is -2.09. The van der Waals surface area contributed by atoms with Crippen LogP contribution in [0.2, 0.25) is 0 Å². The molecule has 0 atom stereocenters. The number of fused-ring (bicyclic) bond motifs is 1. The number of aromatic amines is 1. The van der Waals surface area contributed by atoms with Gasteiger partial charge >= 0.3 is 0 Å². The Hall–Kier alpha value is -3.75. The van der Waals surface area contributed by atoms with Crippen molar-refractivity contribution in [2.75, 3.05) is 5.32 Å². The Balaban J connectivity index is 1.72. The van der Waals surface area contributed by atoms with Crippen molar-refractivity contribution in [3.05, 3.63) is 54.9 Å². The van der Waals surface area contributed by atoms with Crippen molar-refractivity contribution in [2.45, 2.75) is 0 Å². The van der Waals surface area contributed by atoms with Crippen LogP contribution in [0.1, 0.15) is 10.4 Å². The van der Waals surface area contributed by atoms with Gasteiger partial charge in [0.05, 0.1) is 23.7 Å². The number of pyridine rings is 1. The second-order valence-corrected chi connectivity index (χ2v) is 5.02. The van der Waals surface area contributed by atoms with E-state index in [9.17, 15) is 4.79 Å². The number of anilines is 2. The molecule has 0 bridgehead atoms. The summed E-state index contributed by atoms with van der Waals surface area (Å²) < 4.78 is 1.90. The Kier molecular flexibility index (Phi) is 3.16. The fraction of sp³-hybridized carbons (Fsp3) is 0. The van der Waals surface area contributed by atoms with E-state index in [1.54, 1.807) is 36.9 Å². The van der Waals surface area contributed by atoms with Crippen molar-refractivity contribution in [1.82, 2.24) is 29.5 Å². The highest BCUT2D eigenvalue weighted by molar-refractivity contribution is 5.92. The largest absolute Gasteiger partial charge is 0.366 e. The van der Waals surface area contributed by atoms with E-state index in [1.165, 1.54) is 6.20 Å². The number of nitrogens with one attached hydrogen (secondary N) is 2. The van der Waals surface area contributed by atoms with Gasteiger partial charge in [0, 0.05) is 30.4 Å². The predicted molar refractivity (Wildman–Crippen MR) is 86.6 cm³/mol. The van der Waals surface area contributed by atoms with E-state index in [4.69, 9.17) is 5.73 Å². The average molecular weight is 320 g/mol. The number of carbonyl (C=O) groups is 1. The van der Waals surface area contributed by atoms with E-state index in [0.717, 1.165) is 11.3 Å². The number of amides is 1. The first-order chi connectivity index (χ1) is 11.7. The molecule has 1 amide bonds. The van der Waals surface area contributed by atoms with Crippen LogP contribution in [0.3, 0.4) is 0 Å². The molecule has 0 saturated carbocycles. The van der Waals surface area contributed by atoms with Crippen molar-refractivity contribution in [3.8, 4) is 11.3 Å². The predicted octanol–water partition coefficient (Wildman–Crippen LogP) is 1.36. The van der Waals surface area contributed by atoms with Crippen LogP contribution in [0.4, 0.5) is 11.6 Å². The first-order valence-electron chi connectivity index (χ1n) is 7.06. The second kappa shape index (κ2) is 5.47.